The fraction of sp³-hybridized carbons (Fsp3) is 0.412. The van der Waals surface area contributed by atoms with Crippen LogP contribution in [-0.4, -0.2) is 33.9 Å². The number of aromatic amines is 1. The molecule has 1 N–H and O–H groups in total. The first-order chi connectivity index (χ1) is 11.8. The summed E-state index contributed by atoms with van der Waals surface area (Å²) in [4.78, 5) is 20.1. The molecule has 2 heterocycles. The molecule has 0 bridgehead atoms. The Bertz CT molecular complexity index is 784. The van der Waals surface area contributed by atoms with Crippen LogP contribution in [0.1, 0.15) is 46.2 Å². The van der Waals surface area contributed by atoms with Crippen molar-refractivity contribution in [2.24, 2.45) is 0 Å². The van der Waals surface area contributed by atoms with E-state index >= 15 is 0 Å². The number of halogens is 4. The molecular weight excluding hydrogens is 338 g/mol. The zero-order valence-corrected chi connectivity index (χ0v) is 13.5. The number of rotatable bonds is 2. The number of benzene rings is 1. The summed E-state index contributed by atoms with van der Waals surface area (Å²) < 4.78 is 52.1. The number of hydrogen-bond acceptors (Lipinski definition) is 2. The fourth-order valence-electron chi connectivity index (χ4n) is 3.04. The smallest absolute Gasteiger partial charge is 0.338 e. The number of alkyl halides is 3. The van der Waals surface area contributed by atoms with Crippen LogP contribution < -0.4 is 0 Å². The van der Waals surface area contributed by atoms with E-state index in [4.69, 9.17) is 0 Å². The highest BCUT2D eigenvalue weighted by molar-refractivity contribution is 5.94. The Hall–Kier alpha value is -2.38. The Morgan fingerprint density at radius 1 is 1.36 bits per heavy atom. The quantitative estimate of drug-likeness (QED) is 0.831. The molecule has 4 nitrogen and oxygen atoms in total. The van der Waals surface area contributed by atoms with E-state index in [-0.39, 0.29) is 23.9 Å². The van der Waals surface area contributed by atoms with Crippen molar-refractivity contribution >= 4 is 5.91 Å². The Labute approximate surface area is 141 Å². The van der Waals surface area contributed by atoms with Crippen molar-refractivity contribution in [3.8, 4) is 0 Å². The Kier molecular flexibility index (Phi) is 4.53. The number of hydrogen-bond donors (Lipinski definition) is 1. The molecule has 1 aromatic carbocycles. The summed E-state index contributed by atoms with van der Waals surface area (Å²) in [5.74, 6) is -1.18. The maximum absolute atomic E-state index is 14.0. The number of aromatic nitrogens is 2. The third kappa shape index (κ3) is 3.67. The number of nitrogens with one attached hydrogen (secondary N) is 1. The molecular formula is C17H17F4N3O. The number of H-pyrrole nitrogens is 1. The van der Waals surface area contributed by atoms with Crippen LogP contribution in [0, 0.1) is 12.7 Å². The van der Waals surface area contributed by atoms with E-state index in [1.165, 1.54) is 17.0 Å². The van der Waals surface area contributed by atoms with Gasteiger partial charge in [0.2, 0.25) is 0 Å². The molecule has 0 saturated carbocycles. The van der Waals surface area contributed by atoms with Crippen LogP contribution in [0.3, 0.4) is 0 Å². The van der Waals surface area contributed by atoms with Crippen molar-refractivity contribution in [1.82, 2.24) is 14.9 Å². The van der Waals surface area contributed by atoms with Crippen LogP contribution in [0.25, 0.3) is 0 Å². The maximum Gasteiger partial charge on any atom is 0.432 e. The minimum atomic E-state index is -4.49. The number of piperidine rings is 1. The lowest BCUT2D eigenvalue weighted by Gasteiger charge is -2.32. The standard InChI is InChI=1S/C17H17F4N3O/c1-10-4-5-12(13(18)7-10)16(25)24-6-2-3-11(9-24)15-22-8-14(23-15)17(19,20)21/h4-5,7-8,11H,2-3,6,9H2,1H3,(H,22,23). The van der Waals surface area contributed by atoms with E-state index in [0.717, 1.165) is 6.20 Å². The molecule has 1 amide bonds. The van der Waals surface area contributed by atoms with Gasteiger partial charge in [-0.05, 0) is 37.5 Å². The normalized spacial score (nSPS) is 18.4. The topological polar surface area (TPSA) is 49.0 Å². The highest BCUT2D eigenvalue weighted by Crippen LogP contribution is 2.31. The lowest BCUT2D eigenvalue weighted by atomic mass is 9.96. The molecule has 1 aliphatic rings. The molecule has 0 radical (unpaired) electrons. The summed E-state index contributed by atoms with van der Waals surface area (Å²) >= 11 is 0. The zero-order valence-electron chi connectivity index (χ0n) is 13.5. The molecule has 0 spiro atoms. The Balaban J connectivity index is 1.77. The fourth-order valence-corrected chi connectivity index (χ4v) is 3.04. The molecule has 1 aliphatic heterocycles. The van der Waals surface area contributed by atoms with Gasteiger partial charge in [-0.3, -0.25) is 4.79 Å². The second-order valence-electron chi connectivity index (χ2n) is 6.25. The number of imidazole rings is 1. The molecule has 1 fully saturated rings. The van der Waals surface area contributed by atoms with Crippen LogP contribution in [-0.2, 0) is 6.18 Å². The maximum atomic E-state index is 14.0. The van der Waals surface area contributed by atoms with Crippen LogP contribution in [0.15, 0.2) is 24.4 Å². The Morgan fingerprint density at radius 3 is 2.76 bits per heavy atom. The van der Waals surface area contributed by atoms with E-state index in [1.807, 2.05) is 0 Å². The van der Waals surface area contributed by atoms with Crippen molar-refractivity contribution in [3.05, 3.63) is 52.9 Å². The minimum absolute atomic E-state index is 0.0262. The van der Waals surface area contributed by atoms with Gasteiger partial charge in [-0.15, -0.1) is 0 Å². The van der Waals surface area contributed by atoms with Gasteiger partial charge in [0, 0.05) is 19.0 Å². The summed E-state index contributed by atoms with van der Waals surface area (Å²) in [6.45, 7) is 2.37. The molecule has 2 aromatic rings. The van der Waals surface area contributed by atoms with Gasteiger partial charge in [-0.1, -0.05) is 6.07 Å². The molecule has 1 unspecified atom stereocenters. The largest absolute Gasteiger partial charge is 0.432 e. The molecule has 1 saturated heterocycles. The lowest BCUT2D eigenvalue weighted by Crippen LogP contribution is -2.39. The first-order valence-electron chi connectivity index (χ1n) is 7.93. The van der Waals surface area contributed by atoms with Crippen molar-refractivity contribution in [2.45, 2.75) is 31.9 Å². The van der Waals surface area contributed by atoms with Gasteiger partial charge in [-0.2, -0.15) is 13.2 Å². The lowest BCUT2D eigenvalue weighted by molar-refractivity contribution is -0.141. The van der Waals surface area contributed by atoms with Gasteiger partial charge in [0.15, 0.2) is 0 Å². The molecule has 3 rings (SSSR count). The number of nitrogens with zero attached hydrogens (tertiary/aromatic N) is 2. The number of amides is 1. The molecule has 0 aliphatic carbocycles. The van der Waals surface area contributed by atoms with E-state index in [2.05, 4.69) is 9.97 Å². The molecule has 25 heavy (non-hydrogen) atoms. The van der Waals surface area contributed by atoms with Gasteiger partial charge < -0.3 is 9.88 Å². The van der Waals surface area contributed by atoms with Crippen molar-refractivity contribution in [3.63, 3.8) is 0 Å². The second-order valence-corrected chi connectivity index (χ2v) is 6.25. The molecule has 134 valence electrons. The predicted octanol–water partition coefficient (Wildman–Crippen LogP) is 3.90. The molecule has 1 aromatic heterocycles. The van der Waals surface area contributed by atoms with Gasteiger partial charge in [0.25, 0.3) is 5.91 Å². The highest BCUT2D eigenvalue weighted by Gasteiger charge is 2.35. The molecule has 8 heteroatoms. The van der Waals surface area contributed by atoms with Gasteiger partial charge >= 0.3 is 6.18 Å². The predicted molar refractivity (Wildman–Crippen MR) is 82.6 cm³/mol. The first-order valence-corrected chi connectivity index (χ1v) is 7.93. The van der Waals surface area contributed by atoms with Crippen LogP contribution >= 0.6 is 0 Å². The van der Waals surface area contributed by atoms with Gasteiger partial charge in [0.1, 0.15) is 17.3 Å². The summed E-state index contributed by atoms with van der Waals surface area (Å²) in [5.41, 5.74) is -0.224. The highest BCUT2D eigenvalue weighted by atomic mass is 19.4. The average Bonchev–Trinajstić information content (AvgIpc) is 3.05. The van der Waals surface area contributed by atoms with Crippen molar-refractivity contribution in [1.29, 1.82) is 0 Å². The summed E-state index contributed by atoms with van der Waals surface area (Å²) in [6, 6.07) is 4.38. The third-order valence-electron chi connectivity index (χ3n) is 4.35. The van der Waals surface area contributed by atoms with Crippen molar-refractivity contribution < 1.29 is 22.4 Å². The van der Waals surface area contributed by atoms with Crippen LogP contribution in [0.4, 0.5) is 17.6 Å². The number of aryl methyl sites for hydroxylation is 1. The SMILES string of the molecule is Cc1ccc(C(=O)N2CCCC(c3ncc(C(F)(F)F)[nH]3)C2)c(F)c1. The average molecular weight is 355 g/mol. The monoisotopic (exact) mass is 355 g/mol. The van der Waals surface area contributed by atoms with Crippen LogP contribution in [0.2, 0.25) is 0 Å². The molecule has 1 atom stereocenters. The van der Waals surface area contributed by atoms with E-state index in [0.29, 0.717) is 24.9 Å². The Morgan fingerprint density at radius 2 is 2.12 bits per heavy atom. The van der Waals surface area contributed by atoms with E-state index in [1.54, 1.807) is 13.0 Å². The van der Waals surface area contributed by atoms with Crippen LogP contribution in [0.5, 0.6) is 0 Å². The second kappa shape index (κ2) is 6.50. The van der Waals surface area contributed by atoms with E-state index in [9.17, 15) is 22.4 Å². The van der Waals surface area contributed by atoms with Gasteiger partial charge in [-0.25, -0.2) is 9.37 Å². The van der Waals surface area contributed by atoms with Gasteiger partial charge in [0.05, 0.1) is 11.8 Å². The zero-order chi connectivity index (χ0) is 18.2. The first kappa shape index (κ1) is 17.4. The third-order valence-corrected chi connectivity index (χ3v) is 4.35. The summed E-state index contributed by atoms with van der Waals surface area (Å²) in [6.07, 6.45) is -2.49. The van der Waals surface area contributed by atoms with Crippen molar-refractivity contribution in [2.75, 3.05) is 13.1 Å². The number of carbonyl (C=O) groups excluding carboxylic acids is 1. The summed E-state index contributed by atoms with van der Waals surface area (Å²) in [7, 11) is 0. The summed E-state index contributed by atoms with van der Waals surface area (Å²) in [5, 5.41) is 0. The number of carbonyl (C=O) groups is 1. The van der Waals surface area contributed by atoms with E-state index < -0.39 is 23.6 Å². The minimum Gasteiger partial charge on any atom is -0.338 e. The number of likely N-dealkylation sites (tertiary alicyclic amines) is 1.